The molecule has 1 unspecified atom stereocenters. The SMILES string of the molecule is CCCC(C)(C)[C@](C)(NC[C@H](N)C(O)N[C@@H](CC(=O)O)C(=O)N[C@@H](CS)C(=O)O)C(=O)CC[C@@H](NC(=O)c1ccc(NCc2cnc3nc(N)[nH]c(=O)c3n2)cc1)C(=O)O. The van der Waals surface area contributed by atoms with Crippen molar-refractivity contribution in [3.05, 3.63) is 52.1 Å². The van der Waals surface area contributed by atoms with Crippen molar-refractivity contribution in [1.82, 2.24) is 41.2 Å². The molecule has 0 saturated heterocycles. The fourth-order valence-corrected chi connectivity index (χ4v) is 6.47. The van der Waals surface area contributed by atoms with Gasteiger partial charge >= 0.3 is 17.9 Å². The molecule has 1 aromatic carbocycles. The van der Waals surface area contributed by atoms with Crippen molar-refractivity contribution in [2.24, 2.45) is 11.1 Å². The lowest BCUT2D eigenvalue weighted by Gasteiger charge is -2.45. The standard InChI is InChI=1S/C37H53N11O11S/c1-5-12-36(2,3)37(4,42-16-21(38)30(53)45-23(13-26(50)51)31(54)46-24(17-60)34(58)59)25(49)11-10-22(33(56)57)44-29(52)18-6-8-19(9-7-18)40-14-20-15-41-28-27(43-20)32(55)48-35(39)47-28/h6-9,15,21-24,30,40,42,45,53,60H,5,10-14,16-17,38H2,1-4H3,(H,44,52)(H,46,54)(H,50,51)(H,56,57)(H,58,59)(H3,39,41,47,48,55)/t21-,22+,23-,24-,30?,37+/m0/s1. The third kappa shape index (κ3) is 13.1. The Hall–Kier alpha value is -5.75. The van der Waals surface area contributed by atoms with Crippen molar-refractivity contribution in [2.45, 2.75) is 102 Å². The summed E-state index contributed by atoms with van der Waals surface area (Å²) in [5.74, 6) is -6.70. The highest BCUT2D eigenvalue weighted by Crippen LogP contribution is 2.37. The number of benzene rings is 1. The highest BCUT2D eigenvalue weighted by atomic mass is 32.1. The summed E-state index contributed by atoms with van der Waals surface area (Å²) in [5.41, 5.74) is 10.4. The number of aliphatic carboxylic acids is 3. The van der Waals surface area contributed by atoms with Crippen LogP contribution in [0.4, 0.5) is 11.6 Å². The van der Waals surface area contributed by atoms with Crippen molar-refractivity contribution in [2.75, 3.05) is 23.3 Å². The van der Waals surface area contributed by atoms with Crippen LogP contribution in [-0.4, -0.2) is 124 Å². The zero-order chi connectivity index (χ0) is 44.9. The molecule has 14 N–H and O–H groups in total. The summed E-state index contributed by atoms with van der Waals surface area (Å²) in [4.78, 5) is 102. The summed E-state index contributed by atoms with van der Waals surface area (Å²) in [5, 5.41) is 52.7. The van der Waals surface area contributed by atoms with Crippen molar-refractivity contribution in [3.63, 3.8) is 0 Å². The molecule has 0 aliphatic carbocycles. The molecular weight excluding hydrogens is 807 g/mol. The van der Waals surface area contributed by atoms with Gasteiger partial charge in [0.15, 0.2) is 16.9 Å². The molecule has 0 saturated carbocycles. The molecule has 0 radical (unpaired) electrons. The molecule has 328 valence electrons. The van der Waals surface area contributed by atoms with Gasteiger partial charge in [0.1, 0.15) is 18.3 Å². The van der Waals surface area contributed by atoms with Gasteiger partial charge in [0.05, 0.1) is 42.5 Å². The topological polar surface area (TPSA) is 367 Å². The number of aromatic amines is 1. The molecule has 3 rings (SSSR count). The number of hydrogen-bond acceptors (Lipinski definition) is 17. The second-order valence-corrected chi connectivity index (χ2v) is 15.3. The number of nitrogens with zero attached hydrogens (tertiary/aromatic N) is 3. The number of hydrogen-bond donors (Lipinski definition) is 13. The molecule has 2 amide bonds. The van der Waals surface area contributed by atoms with E-state index in [2.05, 4.69) is 59.1 Å². The number of nitrogens with one attached hydrogen (secondary N) is 6. The van der Waals surface area contributed by atoms with Gasteiger partial charge in [-0.1, -0.05) is 27.2 Å². The van der Waals surface area contributed by atoms with Gasteiger partial charge in [-0.2, -0.15) is 17.6 Å². The Morgan fingerprint density at radius 3 is 2.18 bits per heavy atom. The third-order valence-corrected chi connectivity index (χ3v) is 10.5. The van der Waals surface area contributed by atoms with Crippen LogP contribution in [0, 0.1) is 5.41 Å². The Balaban J connectivity index is 1.65. The summed E-state index contributed by atoms with van der Waals surface area (Å²) in [7, 11) is 0. The van der Waals surface area contributed by atoms with Crippen LogP contribution in [0.25, 0.3) is 11.2 Å². The average molecular weight is 860 g/mol. The summed E-state index contributed by atoms with van der Waals surface area (Å²) in [6, 6.07) is 0.408. The first-order valence-corrected chi connectivity index (χ1v) is 19.5. The number of nitrogens with two attached hydrogens (primary N) is 2. The van der Waals surface area contributed by atoms with E-state index in [0.29, 0.717) is 24.2 Å². The van der Waals surface area contributed by atoms with Crippen molar-refractivity contribution in [1.29, 1.82) is 0 Å². The molecular formula is C37H53N11O11S. The number of nitrogen functional groups attached to an aromatic ring is 1. The van der Waals surface area contributed by atoms with Gasteiger partial charge in [-0.3, -0.25) is 34.3 Å². The number of anilines is 2. The summed E-state index contributed by atoms with van der Waals surface area (Å²) in [6.45, 7) is 7.11. The molecule has 6 atom stereocenters. The number of carboxylic acid groups (broad SMARTS) is 3. The van der Waals surface area contributed by atoms with Crippen LogP contribution in [0.2, 0.25) is 0 Å². The number of carbonyl (C=O) groups excluding carboxylic acids is 3. The van der Waals surface area contributed by atoms with Crippen LogP contribution in [0.5, 0.6) is 0 Å². The largest absolute Gasteiger partial charge is 0.481 e. The Kier molecular flexibility index (Phi) is 17.4. The maximum absolute atomic E-state index is 14.0. The molecule has 22 nitrogen and oxygen atoms in total. The summed E-state index contributed by atoms with van der Waals surface area (Å²) in [6.07, 6.45) is -0.478. The third-order valence-electron chi connectivity index (χ3n) is 10.1. The minimum Gasteiger partial charge on any atom is -0.481 e. The van der Waals surface area contributed by atoms with E-state index in [0.717, 1.165) is 0 Å². The fraction of sp³-hybridized carbons (Fsp3) is 0.514. The first-order valence-electron chi connectivity index (χ1n) is 18.8. The molecule has 60 heavy (non-hydrogen) atoms. The Morgan fingerprint density at radius 2 is 1.60 bits per heavy atom. The van der Waals surface area contributed by atoms with Crippen LogP contribution in [0.1, 0.15) is 75.9 Å². The Labute approximate surface area is 349 Å². The first-order chi connectivity index (χ1) is 28.1. The van der Waals surface area contributed by atoms with Gasteiger partial charge in [-0.15, -0.1) is 0 Å². The molecule has 0 spiro atoms. The summed E-state index contributed by atoms with van der Waals surface area (Å²) < 4.78 is 0. The highest BCUT2D eigenvalue weighted by molar-refractivity contribution is 7.80. The number of carboxylic acids is 3. The maximum Gasteiger partial charge on any atom is 0.327 e. The average Bonchev–Trinajstić information content (AvgIpc) is 3.18. The molecule has 0 fully saturated rings. The van der Waals surface area contributed by atoms with E-state index in [1.54, 1.807) is 19.1 Å². The Morgan fingerprint density at radius 1 is 0.950 bits per heavy atom. The van der Waals surface area contributed by atoms with Gasteiger partial charge in [0, 0.05) is 30.0 Å². The minimum atomic E-state index is -1.71. The highest BCUT2D eigenvalue weighted by Gasteiger charge is 2.46. The number of aromatic nitrogens is 4. The van der Waals surface area contributed by atoms with E-state index in [1.165, 1.54) is 18.3 Å². The molecule has 3 aromatic rings. The van der Waals surface area contributed by atoms with E-state index < -0.39 is 88.8 Å². The lowest BCUT2D eigenvalue weighted by atomic mass is 9.67. The Bertz CT molecular complexity index is 2090. The number of amides is 2. The molecule has 0 bridgehead atoms. The van der Waals surface area contributed by atoms with E-state index in [-0.39, 0.29) is 54.4 Å². The van der Waals surface area contributed by atoms with Crippen LogP contribution in [-0.2, 0) is 30.5 Å². The van der Waals surface area contributed by atoms with E-state index in [9.17, 15) is 54.0 Å². The number of aliphatic hydroxyl groups is 1. The van der Waals surface area contributed by atoms with Crippen molar-refractivity contribution in [3.8, 4) is 0 Å². The number of rotatable bonds is 25. The van der Waals surface area contributed by atoms with Gasteiger partial charge < -0.3 is 53.2 Å². The van der Waals surface area contributed by atoms with Gasteiger partial charge in [-0.05, 0) is 49.4 Å². The van der Waals surface area contributed by atoms with E-state index >= 15 is 0 Å². The van der Waals surface area contributed by atoms with E-state index in [4.69, 9.17) is 11.5 Å². The van der Waals surface area contributed by atoms with Gasteiger partial charge in [0.2, 0.25) is 11.9 Å². The van der Waals surface area contributed by atoms with Crippen molar-refractivity contribution < 1.29 is 49.2 Å². The molecule has 0 aliphatic heterocycles. The zero-order valence-electron chi connectivity index (χ0n) is 33.5. The first kappa shape index (κ1) is 48.6. The second-order valence-electron chi connectivity index (χ2n) is 14.9. The quantitative estimate of drug-likeness (QED) is 0.0366. The summed E-state index contributed by atoms with van der Waals surface area (Å²) >= 11 is 3.87. The van der Waals surface area contributed by atoms with Gasteiger partial charge in [0.25, 0.3) is 11.5 Å². The van der Waals surface area contributed by atoms with Crippen LogP contribution >= 0.6 is 12.6 Å². The van der Waals surface area contributed by atoms with Crippen LogP contribution < -0.4 is 43.6 Å². The number of thiol groups is 1. The number of ketones is 1. The fourth-order valence-electron chi connectivity index (χ4n) is 6.23. The predicted molar refractivity (Wildman–Crippen MR) is 221 cm³/mol. The lowest BCUT2D eigenvalue weighted by molar-refractivity contribution is -0.143. The molecule has 0 aliphatic rings. The predicted octanol–water partition coefficient (Wildman–Crippen LogP) is -0.808. The lowest BCUT2D eigenvalue weighted by Crippen LogP contribution is -2.64. The smallest absolute Gasteiger partial charge is 0.327 e. The maximum atomic E-state index is 14.0. The number of carbonyl (C=O) groups is 6. The normalized spacial score (nSPS) is 15.1. The number of H-pyrrole nitrogens is 1. The van der Waals surface area contributed by atoms with Crippen molar-refractivity contribution >= 4 is 70.9 Å². The second kappa shape index (κ2) is 21.5. The monoisotopic (exact) mass is 859 g/mol. The van der Waals surface area contributed by atoms with Gasteiger partial charge in [-0.25, -0.2) is 19.6 Å². The van der Waals surface area contributed by atoms with Crippen LogP contribution in [0.15, 0.2) is 35.3 Å². The molecule has 23 heteroatoms. The molecule has 2 heterocycles. The number of aliphatic hydroxyl groups excluding tert-OH is 1. The zero-order valence-corrected chi connectivity index (χ0v) is 34.4. The van der Waals surface area contributed by atoms with E-state index in [1.807, 2.05) is 20.8 Å². The minimum absolute atomic E-state index is 0.0158. The number of fused-ring (bicyclic) bond motifs is 1. The number of Topliss-reactive ketones (excluding diaryl/α,β-unsaturated/α-hetero) is 1. The van der Waals surface area contributed by atoms with Crippen LogP contribution in [0.3, 0.4) is 0 Å². The molecule has 2 aromatic heterocycles.